The van der Waals surface area contributed by atoms with Crippen LogP contribution < -0.4 is 0 Å². The quantitative estimate of drug-likeness (QED) is 0.234. The van der Waals surface area contributed by atoms with Gasteiger partial charge in [-0.3, -0.25) is 14.4 Å². The molecule has 10 nitrogen and oxygen atoms in total. The largest absolute Gasteiger partial charge is 3.00 e. The maximum absolute atomic E-state index is 10.1. The van der Waals surface area contributed by atoms with Gasteiger partial charge in [-0.25, -0.2) is 0 Å². The van der Waals surface area contributed by atoms with E-state index in [1.54, 1.807) is 13.8 Å². The zero-order valence-corrected chi connectivity index (χ0v) is 19.9. The van der Waals surface area contributed by atoms with Crippen molar-refractivity contribution in [2.75, 3.05) is 21.3 Å². The maximum Gasteiger partial charge on any atom is 3.00 e. The van der Waals surface area contributed by atoms with Gasteiger partial charge in [-0.15, -0.1) is 0 Å². The normalized spacial score (nSPS) is 7.97. The minimum atomic E-state index is -0.537. The fourth-order valence-electron chi connectivity index (χ4n) is 0.699. The molecule has 0 aliphatic heterocycles. The second-order valence-corrected chi connectivity index (χ2v) is 4.97. The Morgan fingerprint density at radius 3 is 0.828 bits per heavy atom. The zero-order chi connectivity index (χ0) is 23.3. The van der Waals surface area contributed by atoms with E-state index in [4.69, 9.17) is 5.11 Å². The number of methoxy groups -OCH3 is 3. The number of carbonyl (C=O) groups is 6. The number of aliphatic hydroxyl groups is 1. The SMILES string of the molecule is CC(C)O.[CH2-]C(=O)CC(=O)OC.[CH2-]C(=O)CC(=O)OC.[CH2-]C(=O)CC(=O)OC.[Zr+3]. The van der Waals surface area contributed by atoms with E-state index in [-0.39, 0.29) is 51.6 Å². The summed E-state index contributed by atoms with van der Waals surface area (Å²) in [5.74, 6) is -2.87. The molecule has 0 rings (SSSR count). The molecule has 0 saturated heterocycles. The van der Waals surface area contributed by atoms with Gasteiger partial charge >= 0.3 is 44.1 Å². The van der Waals surface area contributed by atoms with Crippen molar-refractivity contribution in [1.29, 1.82) is 0 Å². The molecule has 0 aliphatic carbocycles. The molecule has 0 amide bonds. The third-order valence-corrected chi connectivity index (χ3v) is 1.71. The van der Waals surface area contributed by atoms with Crippen molar-refractivity contribution in [1.82, 2.24) is 0 Å². The number of rotatable bonds is 6. The molecule has 11 heteroatoms. The molecule has 29 heavy (non-hydrogen) atoms. The number of hydrogen-bond donors (Lipinski definition) is 1. The number of carbonyl (C=O) groups excluding carboxylic acids is 6. The fraction of sp³-hybridized carbons (Fsp3) is 0.500. The molecule has 0 atom stereocenters. The first-order valence-electron chi connectivity index (χ1n) is 7.66. The van der Waals surface area contributed by atoms with E-state index in [0.717, 1.165) is 0 Å². The van der Waals surface area contributed by atoms with Crippen LogP contribution in [0.15, 0.2) is 0 Å². The Kier molecular flexibility index (Phi) is 33.5. The zero-order valence-electron chi connectivity index (χ0n) is 17.4. The van der Waals surface area contributed by atoms with Gasteiger partial charge in [0.25, 0.3) is 0 Å². The van der Waals surface area contributed by atoms with E-state index < -0.39 is 35.3 Å². The van der Waals surface area contributed by atoms with Gasteiger partial charge in [0.1, 0.15) is 0 Å². The van der Waals surface area contributed by atoms with Crippen LogP contribution in [0.2, 0.25) is 0 Å². The summed E-state index contributed by atoms with van der Waals surface area (Å²) in [6.07, 6.45) is -0.844. The summed E-state index contributed by atoms with van der Waals surface area (Å²) in [7, 11) is 3.68. The van der Waals surface area contributed by atoms with Gasteiger partial charge < -0.3 is 54.5 Å². The molecule has 0 bridgehead atoms. The number of ether oxygens (including phenoxy) is 3. The molecule has 0 aromatic carbocycles. The summed E-state index contributed by atoms with van der Waals surface area (Å²) in [5, 5.41) is 8.06. The van der Waals surface area contributed by atoms with E-state index in [0.29, 0.717) is 0 Å². The Morgan fingerprint density at radius 2 is 0.793 bits per heavy atom. The first-order chi connectivity index (χ1) is 12.7. The summed E-state index contributed by atoms with van der Waals surface area (Å²) >= 11 is 0. The molecule has 1 N–H and O–H groups in total. The minimum absolute atomic E-state index is 0. The number of esters is 3. The van der Waals surface area contributed by atoms with E-state index in [1.807, 2.05) is 0 Å². The van der Waals surface area contributed by atoms with Gasteiger partial charge in [0.05, 0.1) is 40.6 Å². The van der Waals surface area contributed by atoms with Crippen LogP contribution in [0, 0.1) is 20.8 Å². The summed E-state index contributed by atoms with van der Waals surface area (Å²) in [5.41, 5.74) is 0. The van der Waals surface area contributed by atoms with Crippen LogP contribution in [0.4, 0.5) is 0 Å². The van der Waals surface area contributed by atoms with Crippen LogP contribution in [-0.2, 0) is 69.2 Å². The van der Waals surface area contributed by atoms with Crippen LogP contribution in [0.25, 0.3) is 0 Å². The molecule has 0 aliphatic rings. The first-order valence-corrected chi connectivity index (χ1v) is 7.66. The molecular formula is C18H29O10Zr. The van der Waals surface area contributed by atoms with Crippen LogP contribution in [-0.4, -0.2) is 67.8 Å². The molecular weight excluding hydrogens is 467 g/mol. The monoisotopic (exact) mass is 495 g/mol. The summed E-state index contributed by atoms with van der Waals surface area (Å²) in [6.45, 7) is 12.4. The predicted octanol–water partition coefficient (Wildman–Crippen LogP) is 0.243. The number of hydrogen-bond acceptors (Lipinski definition) is 10. The van der Waals surface area contributed by atoms with Crippen molar-refractivity contribution >= 4 is 35.3 Å². The van der Waals surface area contributed by atoms with Crippen LogP contribution in [0.5, 0.6) is 0 Å². The molecule has 0 spiro atoms. The van der Waals surface area contributed by atoms with Gasteiger partial charge in [0, 0.05) is 23.5 Å². The molecule has 0 heterocycles. The average molecular weight is 497 g/mol. The van der Waals surface area contributed by atoms with Crippen molar-refractivity contribution in [3.63, 3.8) is 0 Å². The Hall–Kier alpha value is -2.13. The number of ketones is 3. The Balaban J connectivity index is -0.0000000896. The van der Waals surface area contributed by atoms with Crippen molar-refractivity contribution in [3.8, 4) is 0 Å². The number of Topliss-reactive ketones (excluding diaryl/α,β-unsaturated/α-hetero) is 3. The summed E-state index contributed by atoms with van der Waals surface area (Å²) in [4.78, 5) is 60.4. The maximum atomic E-state index is 10.1. The summed E-state index contributed by atoms with van der Waals surface area (Å²) in [6, 6.07) is 0. The third kappa shape index (κ3) is 58.5. The summed E-state index contributed by atoms with van der Waals surface area (Å²) < 4.78 is 12.5. The molecule has 0 saturated carbocycles. The van der Waals surface area contributed by atoms with Crippen molar-refractivity contribution in [2.24, 2.45) is 0 Å². The molecule has 0 fully saturated rings. The molecule has 0 aromatic heterocycles. The van der Waals surface area contributed by atoms with E-state index in [1.165, 1.54) is 21.3 Å². The van der Waals surface area contributed by atoms with Gasteiger partial charge in [0.2, 0.25) is 0 Å². The van der Waals surface area contributed by atoms with Crippen LogP contribution >= 0.6 is 0 Å². The second kappa shape index (κ2) is 25.9. The van der Waals surface area contributed by atoms with E-state index >= 15 is 0 Å². The third-order valence-electron chi connectivity index (χ3n) is 1.71. The standard InChI is InChI=1S/3C5H7O3.C3H8O.Zr/c3*1-4(6)3-5(7)8-2;1-3(2)4;/h3*1,3H2,2H3;3-4H,1-2H3;/q3*-1;;+3. The number of aliphatic hydroxyl groups excluding tert-OH is 1. The molecule has 0 aromatic rings. The van der Waals surface area contributed by atoms with Crippen LogP contribution in [0.3, 0.4) is 0 Å². The minimum Gasteiger partial charge on any atom is -0.469 e. The fourth-order valence-corrected chi connectivity index (χ4v) is 0.699. The van der Waals surface area contributed by atoms with E-state index in [2.05, 4.69) is 35.0 Å². The van der Waals surface area contributed by atoms with Gasteiger partial charge in [-0.2, -0.15) is 0 Å². The molecule has 1 radical (unpaired) electrons. The van der Waals surface area contributed by atoms with Gasteiger partial charge in [0.15, 0.2) is 0 Å². The van der Waals surface area contributed by atoms with Gasteiger partial charge in [-0.05, 0) is 13.8 Å². The Labute approximate surface area is 190 Å². The topological polar surface area (TPSA) is 150 Å². The van der Waals surface area contributed by atoms with Gasteiger partial charge in [-0.1, -0.05) is 0 Å². The van der Waals surface area contributed by atoms with Crippen LogP contribution in [0.1, 0.15) is 33.1 Å². The van der Waals surface area contributed by atoms with Crippen molar-refractivity contribution in [2.45, 2.75) is 39.2 Å². The molecule has 0 unspecified atom stereocenters. The Bertz CT molecular complexity index is 432. The predicted molar refractivity (Wildman–Crippen MR) is 98.3 cm³/mol. The van der Waals surface area contributed by atoms with Crippen molar-refractivity contribution < 1.29 is 74.3 Å². The van der Waals surface area contributed by atoms with Crippen molar-refractivity contribution in [3.05, 3.63) is 20.8 Å². The Morgan fingerprint density at radius 1 is 0.655 bits per heavy atom. The first kappa shape index (κ1) is 37.6. The van der Waals surface area contributed by atoms with E-state index in [9.17, 15) is 28.8 Å². The smallest absolute Gasteiger partial charge is 0.469 e. The molecule has 165 valence electrons. The second-order valence-electron chi connectivity index (χ2n) is 4.97. The average Bonchev–Trinajstić information content (AvgIpc) is 2.53.